The predicted molar refractivity (Wildman–Crippen MR) is 126 cm³/mol. The van der Waals surface area contributed by atoms with Gasteiger partial charge in [-0.1, -0.05) is 6.92 Å². The SMILES string of the molecule is C[C@H]1CCc2c(sc3nc(CN4CCN(Cc5ccc(Br)s5)CC4)nc(N)c23)C1. The van der Waals surface area contributed by atoms with Gasteiger partial charge in [-0.3, -0.25) is 9.80 Å². The lowest BCUT2D eigenvalue weighted by Gasteiger charge is -2.34. The van der Waals surface area contributed by atoms with E-state index in [1.807, 2.05) is 22.7 Å². The van der Waals surface area contributed by atoms with Gasteiger partial charge in [0.15, 0.2) is 0 Å². The van der Waals surface area contributed by atoms with Gasteiger partial charge in [0, 0.05) is 42.5 Å². The third kappa shape index (κ3) is 4.23. The summed E-state index contributed by atoms with van der Waals surface area (Å²) in [6.45, 7) is 8.43. The molecule has 4 heterocycles. The molecule has 5 rings (SSSR count). The minimum absolute atomic E-state index is 0.680. The molecule has 5 nitrogen and oxygen atoms in total. The van der Waals surface area contributed by atoms with Crippen molar-refractivity contribution in [3.05, 3.63) is 37.1 Å². The topological polar surface area (TPSA) is 58.3 Å². The maximum absolute atomic E-state index is 6.40. The Labute approximate surface area is 188 Å². The highest BCUT2D eigenvalue weighted by atomic mass is 79.9. The molecule has 0 aromatic carbocycles. The van der Waals surface area contributed by atoms with Crippen molar-refractivity contribution in [3.63, 3.8) is 0 Å². The Morgan fingerprint density at radius 1 is 1.10 bits per heavy atom. The van der Waals surface area contributed by atoms with Crippen LogP contribution in [0.1, 0.15) is 34.5 Å². The van der Waals surface area contributed by atoms with Crippen LogP contribution < -0.4 is 5.73 Å². The summed E-state index contributed by atoms with van der Waals surface area (Å²) in [5, 5.41) is 1.13. The lowest BCUT2D eigenvalue weighted by molar-refractivity contribution is 0.121. The van der Waals surface area contributed by atoms with Crippen molar-refractivity contribution in [2.75, 3.05) is 31.9 Å². The quantitative estimate of drug-likeness (QED) is 0.580. The Hall–Kier alpha value is -1.06. The Bertz CT molecular complexity index is 1020. The number of aromatic nitrogens is 2. The standard InChI is InChI=1S/C21H26BrN5S2/c1-13-2-4-15-16(10-13)29-21-19(15)20(23)24-18(25-21)12-27-8-6-26(7-9-27)11-14-3-5-17(22)28-14/h3,5,13H,2,4,6-12H2,1H3,(H2,23,24,25)/t13-/m0/s1. The van der Waals surface area contributed by atoms with Crippen LogP contribution >= 0.6 is 38.6 Å². The van der Waals surface area contributed by atoms with Crippen LogP contribution in [0.5, 0.6) is 0 Å². The van der Waals surface area contributed by atoms with Gasteiger partial charge in [0.1, 0.15) is 16.5 Å². The number of nitrogens with two attached hydrogens (primary N) is 1. The maximum Gasteiger partial charge on any atom is 0.146 e. The number of piperazine rings is 1. The van der Waals surface area contributed by atoms with Crippen molar-refractivity contribution >= 4 is 54.6 Å². The molecule has 8 heteroatoms. The smallest absolute Gasteiger partial charge is 0.146 e. The Balaban J connectivity index is 1.25. The minimum atomic E-state index is 0.680. The number of halogens is 1. The summed E-state index contributed by atoms with van der Waals surface area (Å²) in [5.41, 5.74) is 7.82. The van der Waals surface area contributed by atoms with Gasteiger partial charge < -0.3 is 5.73 Å². The second-order valence-corrected chi connectivity index (χ2v) is 11.9. The molecule has 0 saturated carbocycles. The maximum atomic E-state index is 6.40. The largest absolute Gasteiger partial charge is 0.383 e. The van der Waals surface area contributed by atoms with E-state index in [2.05, 4.69) is 44.8 Å². The highest BCUT2D eigenvalue weighted by molar-refractivity contribution is 9.11. The normalized spacial score (nSPS) is 21.0. The zero-order chi connectivity index (χ0) is 20.0. The molecule has 0 radical (unpaired) electrons. The number of nitrogens with zero attached hydrogens (tertiary/aromatic N) is 4. The van der Waals surface area contributed by atoms with E-state index < -0.39 is 0 Å². The molecule has 0 spiro atoms. The number of fused-ring (bicyclic) bond motifs is 3. The summed E-state index contributed by atoms with van der Waals surface area (Å²) >= 11 is 7.22. The molecule has 1 saturated heterocycles. The van der Waals surface area contributed by atoms with E-state index >= 15 is 0 Å². The second-order valence-electron chi connectivity index (χ2n) is 8.32. The molecule has 1 atom stereocenters. The van der Waals surface area contributed by atoms with E-state index in [1.165, 1.54) is 25.5 Å². The van der Waals surface area contributed by atoms with Crippen molar-refractivity contribution < 1.29 is 0 Å². The summed E-state index contributed by atoms with van der Waals surface area (Å²) in [6.07, 6.45) is 3.52. The molecule has 2 N–H and O–H groups in total. The summed E-state index contributed by atoms with van der Waals surface area (Å²) in [5.74, 6) is 2.31. The van der Waals surface area contributed by atoms with Gasteiger partial charge in [-0.05, 0) is 58.8 Å². The van der Waals surface area contributed by atoms with Crippen LogP contribution in [0.15, 0.2) is 15.9 Å². The van der Waals surface area contributed by atoms with Crippen LogP contribution in [-0.2, 0) is 25.9 Å². The summed E-state index contributed by atoms with van der Waals surface area (Å²) in [4.78, 5) is 18.6. The Kier molecular flexibility index (Phi) is 5.64. The molecule has 29 heavy (non-hydrogen) atoms. The molecule has 3 aromatic rings. The number of thiophene rings is 2. The van der Waals surface area contributed by atoms with E-state index in [9.17, 15) is 0 Å². The van der Waals surface area contributed by atoms with Crippen molar-refractivity contribution in [1.82, 2.24) is 19.8 Å². The first kappa shape index (κ1) is 19.9. The van der Waals surface area contributed by atoms with E-state index in [0.717, 1.165) is 74.1 Å². The molecule has 0 bridgehead atoms. The monoisotopic (exact) mass is 491 g/mol. The lowest BCUT2D eigenvalue weighted by atomic mass is 9.89. The van der Waals surface area contributed by atoms with Crippen molar-refractivity contribution in [1.29, 1.82) is 0 Å². The molecular formula is C21H26BrN5S2. The van der Waals surface area contributed by atoms with Crippen LogP contribution in [0.3, 0.4) is 0 Å². The third-order valence-corrected chi connectivity index (χ3v) is 8.82. The zero-order valence-corrected chi connectivity index (χ0v) is 19.9. The van der Waals surface area contributed by atoms with Gasteiger partial charge in [-0.25, -0.2) is 9.97 Å². The van der Waals surface area contributed by atoms with Crippen molar-refractivity contribution in [3.8, 4) is 0 Å². The van der Waals surface area contributed by atoms with Crippen LogP contribution in [0.2, 0.25) is 0 Å². The molecule has 154 valence electrons. The predicted octanol–water partition coefficient (Wildman–Crippen LogP) is 4.54. The number of anilines is 1. The van der Waals surface area contributed by atoms with Gasteiger partial charge in [-0.2, -0.15) is 0 Å². The number of hydrogen-bond donors (Lipinski definition) is 1. The zero-order valence-electron chi connectivity index (χ0n) is 16.7. The minimum Gasteiger partial charge on any atom is -0.383 e. The number of hydrogen-bond acceptors (Lipinski definition) is 7. The fraction of sp³-hybridized carbons (Fsp3) is 0.524. The first-order chi connectivity index (χ1) is 14.0. The summed E-state index contributed by atoms with van der Waals surface area (Å²) in [7, 11) is 0. The molecule has 2 aliphatic rings. The molecule has 1 fully saturated rings. The number of aryl methyl sites for hydroxylation is 1. The fourth-order valence-corrected chi connectivity index (χ4v) is 7.38. The summed E-state index contributed by atoms with van der Waals surface area (Å²) in [6, 6.07) is 4.35. The van der Waals surface area contributed by atoms with Crippen LogP contribution in [-0.4, -0.2) is 45.9 Å². The van der Waals surface area contributed by atoms with Crippen molar-refractivity contribution in [2.24, 2.45) is 5.92 Å². The highest BCUT2D eigenvalue weighted by Crippen LogP contribution is 2.39. The molecule has 0 amide bonds. The van der Waals surface area contributed by atoms with E-state index in [-0.39, 0.29) is 0 Å². The first-order valence-corrected chi connectivity index (χ1v) is 12.7. The molecule has 3 aromatic heterocycles. The van der Waals surface area contributed by atoms with Gasteiger partial charge >= 0.3 is 0 Å². The lowest BCUT2D eigenvalue weighted by Crippen LogP contribution is -2.45. The van der Waals surface area contributed by atoms with E-state index in [4.69, 9.17) is 15.7 Å². The molecule has 0 unspecified atom stereocenters. The van der Waals surface area contributed by atoms with E-state index in [0.29, 0.717) is 5.82 Å². The second kappa shape index (κ2) is 8.23. The number of nitrogen functional groups attached to an aromatic ring is 1. The Morgan fingerprint density at radius 2 is 1.86 bits per heavy atom. The van der Waals surface area contributed by atoms with E-state index in [1.54, 1.807) is 0 Å². The van der Waals surface area contributed by atoms with Crippen molar-refractivity contribution in [2.45, 2.75) is 39.3 Å². The Morgan fingerprint density at radius 3 is 2.59 bits per heavy atom. The average Bonchev–Trinajstić information content (AvgIpc) is 3.25. The number of rotatable bonds is 4. The fourth-order valence-electron chi connectivity index (χ4n) is 4.45. The van der Waals surface area contributed by atoms with Gasteiger partial charge in [-0.15, -0.1) is 22.7 Å². The van der Waals surface area contributed by atoms with Gasteiger partial charge in [0.2, 0.25) is 0 Å². The van der Waals surface area contributed by atoms with Crippen LogP contribution in [0, 0.1) is 5.92 Å². The third-order valence-electron chi connectivity index (χ3n) is 6.07. The van der Waals surface area contributed by atoms with Gasteiger partial charge in [0.25, 0.3) is 0 Å². The molecule has 1 aliphatic heterocycles. The molecular weight excluding hydrogens is 466 g/mol. The van der Waals surface area contributed by atoms with Crippen LogP contribution in [0.4, 0.5) is 5.82 Å². The highest BCUT2D eigenvalue weighted by Gasteiger charge is 2.24. The molecule has 1 aliphatic carbocycles. The first-order valence-electron chi connectivity index (χ1n) is 10.3. The van der Waals surface area contributed by atoms with Crippen LogP contribution in [0.25, 0.3) is 10.2 Å². The van der Waals surface area contributed by atoms with Gasteiger partial charge in [0.05, 0.1) is 15.7 Å². The average molecular weight is 493 g/mol. The summed E-state index contributed by atoms with van der Waals surface area (Å²) < 4.78 is 1.21.